The number of carbonyl (C=O) groups is 2. The van der Waals surface area contributed by atoms with Crippen molar-refractivity contribution in [3.8, 4) is 0 Å². The molecule has 0 bridgehead atoms. The first-order valence-corrected chi connectivity index (χ1v) is 5.62. The summed E-state index contributed by atoms with van der Waals surface area (Å²) in [6, 6.07) is 0. The van der Waals surface area contributed by atoms with Crippen LogP contribution in [0.15, 0.2) is 17.3 Å². The van der Waals surface area contributed by atoms with E-state index in [1.165, 1.54) is 0 Å². The summed E-state index contributed by atoms with van der Waals surface area (Å²) < 4.78 is 4.59. The Bertz CT molecular complexity index is 385. The molecule has 1 rings (SSSR count). The van der Waals surface area contributed by atoms with Gasteiger partial charge in [-0.25, -0.2) is 4.79 Å². The monoisotopic (exact) mass is 256 g/mol. The molecule has 3 N–H and O–H groups in total. The van der Waals surface area contributed by atoms with E-state index in [0.29, 0.717) is 12.8 Å². The van der Waals surface area contributed by atoms with Crippen molar-refractivity contribution in [2.45, 2.75) is 31.8 Å². The normalized spacial score (nSPS) is 18.2. The van der Waals surface area contributed by atoms with E-state index in [4.69, 9.17) is 5.21 Å². The highest BCUT2D eigenvalue weighted by atomic mass is 16.5. The Hall–Kier alpha value is -1.89. The van der Waals surface area contributed by atoms with Gasteiger partial charge in [0.1, 0.15) is 5.60 Å². The van der Waals surface area contributed by atoms with Crippen LogP contribution in [-0.2, 0) is 14.3 Å². The van der Waals surface area contributed by atoms with E-state index >= 15 is 0 Å². The molecule has 7 nitrogen and oxygen atoms in total. The molecule has 0 radical (unpaired) electrons. The zero-order chi connectivity index (χ0) is 13.6. The third kappa shape index (κ3) is 3.56. The number of hydrogen-bond donors (Lipinski definition) is 3. The van der Waals surface area contributed by atoms with Gasteiger partial charge in [0.15, 0.2) is 5.84 Å². The van der Waals surface area contributed by atoms with Crippen molar-refractivity contribution in [2.24, 2.45) is 5.16 Å². The Labute approximate surface area is 104 Å². The van der Waals surface area contributed by atoms with E-state index in [1.807, 2.05) is 0 Å². The molecule has 1 aliphatic carbocycles. The molecule has 1 saturated carbocycles. The van der Waals surface area contributed by atoms with Crippen molar-refractivity contribution in [3.63, 3.8) is 0 Å². The number of carbonyl (C=O) groups excluding carboxylic acids is 2. The minimum Gasteiger partial charge on any atom is -0.463 e. The van der Waals surface area contributed by atoms with Crippen LogP contribution >= 0.6 is 0 Å². The number of nitrogens with zero attached hydrogens (tertiary/aromatic N) is 1. The topological polar surface area (TPSA) is 108 Å². The second-order valence-electron chi connectivity index (χ2n) is 3.91. The maximum absolute atomic E-state index is 11.4. The summed E-state index contributed by atoms with van der Waals surface area (Å²) in [5.74, 6) is -1.51. The molecular weight excluding hydrogens is 240 g/mol. The number of ether oxygens (including phenoxy) is 1. The predicted octanol–water partition coefficient (Wildman–Crippen LogP) is -0.0754. The SMILES string of the molecule is CCOC(=O)/C=C/C(=O)N/C(=N/O)C1(O)CCC1. The molecular formula is C11H16N2O5. The van der Waals surface area contributed by atoms with E-state index in [1.54, 1.807) is 6.92 Å². The van der Waals surface area contributed by atoms with E-state index in [2.05, 4.69) is 15.2 Å². The minimum atomic E-state index is -1.28. The molecule has 0 unspecified atom stereocenters. The van der Waals surface area contributed by atoms with Gasteiger partial charge in [-0.05, 0) is 26.2 Å². The Balaban J connectivity index is 2.51. The predicted molar refractivity (Wildman–Crippen MR) is 61.9 cm³/mol. The first-order chi connectivity index (χ1) is 8.51. The van der Waals surface area contributed by atoms with Crippen LogP contribution in [0.4, 0.5) is 0 Å². The maximum atomic E-state index is 11.4. The second kappa shape index (κ2) is 6.15. The highest BCUT2D eigenvalue weighted by Crippen LogP contribution is 2.32. The van der Waals surface area contributed by atoms with E-state index < -0.39 is 17.5 Å². The lowest BCUT2D eigenvalue weighted by Gasteiger charge is -2.36. The van der Waals surface area contributed by atoms with Gasteiger partial charge in [0.25, 0.3) is 0 Å². The Kier molecular flexibility index (Phi) is 4.85. The molecule has 0 spiro atoms. The summed E-state index contributed by atoms with van der Waals surface area (Å²) in [4.78, 5) is 22.3. The first-order valence-electron chi connectivity index (χ1n) is 5.62. The number of esters is 1. The molecule has 0 aliphatic heterocycles. The van der Waals surface area contributed by atoms with Crippen LogP contribution in [0.25, 0.3) is 0 Å². The lowest BCUT2D eigenvalue weighted by molar-refractivity contribution is -0.137. The smallest absolute Gasteiger partial charge is 0.330 e. The minimum absolute atomic E-state index is 0.202. The third-order valence-electron chi connectivity index (χ3n) is 2.62. The standard InChI is InChI=1S/C11H16N2O5/c1-2-18-9(15)5-4-8(14)12-10(13-17)11(16)6-3-7-11/h4-5,16-17H,2-3,6-7H2,1H3,(H,12,13,14)/b5-4+. The zero-order valence-corrected chi connectivity index (χ0v) is 10.0. The Morgan fingerprint density at radius 2 is 2.11 bits per heavy atom. The molecule has 7 heteroatoms. The van der Waals surface area contributed by atoms with Crippen molar-refractivity contribution >= 4 is 17.7 Å². The number of amidine groups is 1. The summed E-state index contributed by atoms with van der Waals surface area (Å²) in [6.07, 6.45) is 3.55. The van der Waals surface area contributed by atoms with Crippen LogP contribution in [0, 0.1) is 0 Å². The molecule has 0 saturated heterocycles. The quantitative estimate of drug-likeness (QED) is 0.163. The summed E-state index contributed by atoms with van der Waals surface area (Å²) >= 11 is 0. The molecule has 0 atom stereocenters. The molecule has 0 heterocycles. The number of oxime groups is 1. The number of hydrogen-bond acceptors (Lipinski definition) is 6. The zero-order valence-electron chi connectivity index (χ0n) is 10.0. The van der Waals surface area contributed by atoms with Crippen LogP contribution in [0.5, 0.6) is 0 Å². The molecule has 1 amide bonds. The van der Waals surface area contributed by atoms with Crippen molar-refractivity contribution in [2.75, 3.05) is 6.61 Å². The lowest BCUT2D eigenvalue weighted by Crippen LogP contribution is -2.53. The molecule has 1 aliphatic rings. The molecule has 0 aromatic heterocycles. The van der Waals surface area contributed by atoms with E-state index in [0.717, 1.165) is 18.6 Å². The Morgan fingerprint density at radius 3 is 2.56 bits per heavy atom. The van der Waals surface area contributed by atoms with Crippen LogP contribution in [0.1, 0.15) is 26.2 Å². The van der Waals surface area contributed by atoms with Crippen LogP contribution in [-0.4, -0.2) is 40.2 Å². The molecule has 100 valence electrons. The second-order valence-corrected chi connectivity index (χ2v) is 3.91. The third-order valence-corrected chi connectivity index (χ3v) is 2.62. The summed E-state index contributed by atoms with van der Waals surface area (Å²) in [5, 5.41) is 23.7. The summed E-state index contributed by atoms with van der Waals surface area (Å²) in [7, 11) is 0. The highest BCUT2D eigenvalue weighted by molar-refractivity contribution is 6.07. The van der Waals surface area contributed by atoms with Gasteiger partial charge >= 0.3 is 5.97 Å². The van der Waals surface area contributed by atoms with E-state index in [-0.39, 0.29) is 12.4 Å². The van der Waals surface area contributed by atoms with Crippen molar-refractivity contribution in [1.29, 1.82) is 0 Å². The van der Waals surface area contributed by atoms with Gasteiger partial charge < -0.3 is 20.4 Å². The average Bonchev–Trinajstić information content (AvgIpc) is 2.31. The molecule has 1 fully saturated rings. The molecule has 0 aromatic rings. The van der Waals surface area contributed by atoms with Gasteiger partial charge in [0.05, 0.1) is 6.61 Å². The number of aliphatic hydroxyl groups is 1. The largest absolute Gasteiger partial charge is 0.463 e. The van der Waals surface area contributed by atoms with Crippen LogP contribution in [0.2, 0.25) is 0 Å². The van der Waals surface area contributed by atoms with Gasteiger partial charge in [0.2, 0.25) is 5.91 Å². The average molecular weight is 256 g/mol. The van der Waals surface area contributed by atoms with Crippen molar-refractivity contribution in [3.05, 3.63) is 12.2 Å². The van der Waals surface area contributed by atoms with Crippen LogP contribution in [0.3, 0.4) is 0 Å². The fraction of sp³-hybridized carbons (Fsp3) is 0.545. The van der Waals surface area contributed by atoms with Gasteiger partial charge in [-0.3, -0.25) is 4.79 Å². The highest BCUT2D eigenvalue weighted by Gasteiger charge is 2.41. The van der Waals surface area contributed by atoms with Gasteiger partial charge in [0, 0.05) is 12.2 Å². The summed E-state index contributed by atoms with van der Waals surface area (Å²) in [6.45, 7) is 1.86. The van der Waals surface area contributed by atoms with Crippen molar-refractivity contribution in [1.82, 2.24) is 5.32 Å². The van der Waals surface area contributed by atoms with Gasteiger partial charge in [-0.15, -0.1) is 0 Å². The lowest BCUT2D eigenvalue weighted by atomic mass is 9.79. The first kappa shape index (κ1) is 14.2. The number of rotatable bonds is 4. The van der Waals surface area contributed by atoms with Crippen LogP contribution < -0.4 is 5.32 Å². The number of nitrogens with one attached hydrogen (secondary N) is 1. The number of amides is 1. The van der Waals surface area contributed by atoms with E-state index in [9.17, 15) is 14.7 Å². The van der Waals surface area contributed by atoms with Crippen molar-refractivity contribution < 1.29 is 24.6 Å². The van der Waals surface area contributed by atoms with Gasteiger partial charge in [-0.1, -0.05) is 5.16 Å². The fourth-order valence-electron chi connectivity index (χ4n) is 1.48. The molecule has 0 aromatic carbocycles. The Morgan fingerprint density at radius 1 is 1.44 bits per heavy atom. The maximum Gasteiger partial charge on any atom is 0.330 e. The molecule has 18 heavy (non-hydrogen) atoms. The summed E-state index contributed by atoms with van der Waals surface area (Å²) in [5.41, 5.74) is -1.28. The van der Waals surface area contributed by atoms with Gasteiger partial charge in [-0.2, -0.15) is 0 Å². The fourth-order valence-corrected chi connectivity index (χ4v) is 1.48.